The van der Waals surface area contributed by atoms with Gasteiger partial charge in [0.15, 0.2) is 0 Å². The zero-order chi connectivity index (χ0) is 18.8. The number of rotatable bonds is 10. The van der Waals surface area contributed by atoms with Crippen molar-refractivity contribution in [3.05, 3.63) is 65.2 Å². The smallest absolute Gasteiger partial charge is 0.303 e. The Kier molecular flexibility index (Phi) is 7.64. The van der Waals surface area contributed by atoms with E-state index in [1.165, 1.54) is 0 Å². The van der Waals surface area contributed by atoms with Crippen molar-refractivity contribution >= 4 is 11.9 Å². The minimum atomic E-state index is -0.827. The fraction of sp³-hybridized carbons (Fsp3) is 0.300. The fourth-order valence-electron chi connectivity index (χ4n) is 2.42. The first-order valence-corrected chi connectivity index (χ1v) is 8.38. The van der Waals surface area contributed by atoms with Crippen LogP contribution in [0.15, 0.2) is 48.5 Å². The number of ether oxygens (including phenoxy) is 2. The van der Waals surface area contributed by atoms with Gasteiger partial charge >= 0.3 is 5.97 Å². The number of aliphatic carboxylic acids is 1. The lowest BCUT2D eigenvalue weighted by atomic mass is 10.1. The number of carbonyl (C=O) groups excluding carboxylic acids is 1. The molecule has 0 atom stereocenters. The molecule has 6 heteroatoms. The molecule has 0 fully saturated rings. The van der Waals surface area contributed by atoms with Gasteiger partial charge in [-0.25, -0.2) is 0 Å². The number of amides is 1. The summed E-state index contributed by atoms with van der Waals surface area (Å²) in [7, 11) is 1.60. The molecular weight excluding hydrogens is 334 g/mol. The maximum Gasteiger partial charge on any atom is 0.303 e. The molecule has 0 aliphatic heterocycles. The van der Waals surface area contributed by atoms with Gasteiger partial charge in [-0.2, -0.15) is 0 Å². The van der Waals surface area contributed by atoms with Crippen molar-refractivity contribution in [1.82, 2.24) is 5.32 Å². The maximum absolute atomic E-state index is 12.4. The SMILES string of the molecule is COCc1ccccc1C(=O)NCc1ccc(OCCCC(=O)O)cc1. The van der Waals surface area contributed by atoms with Crippen molar-refractivity contribution in [2.45, 2.75) is 26.0 Å². The van der Waals surface area contributed by atoms with Crippen LogP contribution in [0.25, 0.3) is 0 Å². The number of nitrogens with one attached hydrogen (secondary N) is 1. The molecule has 1 amide bonds. The third kappa shape index (κ3) is 6.22. The fourth-order valence-corrected chi connectivity index (χ4v) is 2.42. The lowest BCUT2D eigenvalue weighted by Crippen LogP contribution is -2.24. The topological polar surface area (TPSA) is 84.9 Å². The molecule has 2 rings (SSSR count). The van der Waals surface area contributed by atoms with E-state index in [1.54, 1.807) is 25.3 Å². The number of methoxy groups -OCH3 is 1. The predicted octanol–water partition coefficient (Wildman–Crippen LogP) is 3.01. The average molecular weight is 357 g/mol. The summed E-state index contributed by atoms with van der Waals surface area (Å²) in [4.78, 5) is 22.8. The Bertz CT molecular complexity index is 727. The average Bonchev–Trinajstić information content (AvgIpc) is 2.65. The highest BCUT2D eigenvalue weighted by Crippen LogP contribution is 2.14. The van der Waals surface area contributed by atoms with Gasteiger partial charge in [0.1, 0.15) is 5.75 Å². The van der Waals surface area contributed by atoms with Gasteiger partial charge in [0.25, 0.3) is 5.91 Å². The lowest BCUT2D eigenvalue weighted by molar-refractivity contribution is -0.137. The summed E-state index contributed by atoms with van der Waals surface area (Å²) in [6.45, 7) is 1.15. The van der Waals surface area contributed by atoms with Gasteiger partial charge in [-0.05, 0) is 35.7 Å². The predicted molar refractivity (Wildman–Crippen MR) is 97.1 cm³/mol. The van der Waals surface area contributed by atoms with E-state index in [0.29, 0.717) is 37.5 Å². The van der Waals surface area contributed by atoms with Crippen LogP contribution in [0.4, 0.5) is 0 Å². The second-order valence-electron chi connectivity index (χ2n) is 5.76. The van der Waals surface area contributed by atoms with E-state index in [1.807, 2.05) is 30.3 Å². The summed E-state index contributed by atoms with van der Waals surface area (Å²) in [6, 6.07) is 14.7. The van der Waals surface area contributed by atoms with Gasteiger partial charge in [0.2, 0.25) is 0 Å². The van der Waals surface area contributed by atoms with Gasteiger partial charge in [-0.15, -0.1) is 0 Å². The Morgan fingerprint density at radius 1 is 1.08 bits per heavy atom. The molecule has 0 spiro atoms. The van der Waals surface area contributed by atoms with Gasteiger partial charge in [-0.3, -0.25) is 9.59 Å². The zero-order valence-corrected chi connectivity index (χ0v) is 14.7. The molecule has 0 aliphatic carbocycles. The van der Waals surface area contributed by atoms with E-state index in [4.69, 9.17) is 14.6 Å². The van der Waals surface area contributed by atoms with Crippen LogP contribution in [0, 0.1) is 0 Å². The van der Waals surface area contributed by atoms with Crippen molar-refractivity contribution in [3.8, 4) is 5.75 Å². The molecule has 6 nitrogen and oxygen atoms in total. The highest BCUT2D eigenvalue weighted by atomic mass is 16.5. The van der Waals surface area contributed by atoms with Crippen LogP contribution in [-0.4, -0.2) is 30.7 Å². The molecule has 0 saturated carbocycles. The lowest BCUT2D eigenvalue weighted by Gasteiger charge is -2.10. The summed E-state index contributed by atoms with van der Waals surface area (Å²) in [5, 5.41) is 11.5. The molecule has 0 aliphatic rings. The third-order valence-corrected chi connectivity index (χ3v) is 3.74. The van der Waals surface area contributed by atoms with Gasteiger partial charge in [-0.1, -0.05) is 30.3 Å². The van der Waals surface area contributed by atoms with Crippen molar-refractivity contribution in [1.29, 1.82) is 0 Å². The Labute approximate surface area is 152 Å². The zero-order valence-electron chi connectivity index (χ0n) is 14.7. The molecule has 2 aromatic carbocycles. The Morgan fingerprint density at radius 3 is 2.50 bits per heavy atom. The summed E-state index contributed by atoms with van der Waals surface area (Å²) in [5.74, 6) is -0.297. The van der Waals surface area contributed by atoms with E-state index in [9.17, 15) is 9.59 Å². The molecule has 26 heavy (non-hydrogen) atoms. The van der Waals surface area contributed by atoms with Crippen molar-refractivity contribution in [2.75, 3.05) is 13.7 Å². The Morgan fingerprint density at radius 2 is 1.81 bits per heavy atom. The number of benzene rings is 2. The molecule has 0 heterocycles. The molecular formula is C20H23NO5. The number of carboxylic acid groups (broad SMARTS) is 1. The van der Waals surface area contributed by atoms with Crippen LogP contribution >= 0.6 is 0 Å². The molecule has 138 valence electrons. The molecule has 0 radical (unpaired) electrons. The Balaban J connectivity index is 1.84. The van der Waals surface area contributed by atoms with Crippen LogP contribution in [0.2, 0.25) is 0 Å². The van der Waals surface area contributed by atoms with Crippen LogP contribution in [0.5, 0.6) is 5.75 Å². The minimum Gasteiger partial charge on any atom is -0.494 e. The van der Waals surface area contributed by atoms with Crippen LogP contribution in [0.3, 0.4) is 0 Å². The van der Waals surface area contributed by atoms with Gasteiger partial charge < -0.3 is 19.9 Å². The van der Waals surface area contributed by atoms with E-state index < -0.39 is 5.97 Å². The number of hydrogen-bond donors (Lipinski definition) is 2. The van der Waals surface area contributed by atoms with Crippen molar-refractivity contribution in [2.24, 2.45) is 0 Å². The van der Waals surface area contributed by atoms with Crippen LogP contribution in [-0.2, 0) is 22.7 Å². The molecule has 0 aromatic heterocycles. The number of carbonyl (C=O) groups is 2. The van der Waals surface area contributed by atoms with E-state index in [0.717, 1.165) is 11.1 Å². The van der Waals surface area contributed by atoms with Crippen molar-refractivity contribution < 1.29 is 24.2 Å². The van der Waals surface area contributed by atoms with Gasteiger partial charge in [0.05, 0.1) is 13.2 Å². The van der Waals surface area contributed by atoms with E-state index in [-0.39, 0.29) is 12.3 Å². The largest absolute Gasteiger partial charge is 0.494 e. The second kappa shape index (κ2) is 10.2. The third-order valence-electron chi connectivity index (χ3n) is 3.74. The summed E-state index contributed by atoms with van der Waals surface area (Å²) in [5.41, 5.74) is 2.39. The first-order chi connectivity index (χ1) is 12.6. The summed E-state index contributed by atoms with van der Waals surface area (Å²) < 4.78 is 10.6. The molecule has 2 aromatic rings. The first-order valence-electron chi connectivity index (χ1n) is 8.38. The normalized spacial score (nSPS) is 10.3. The van der Waals surface area contributed by atoms with Crippen molar-refractivity contribution in [3.63, 3.8) is 0 Å². The second-order valence-corrected chi connectivity index (χ2v) is 5.76. The monoisotopic (exact) mass is 357 g/mol. The highest BCUT2D eigenvalue weighted by molar-refractivity contribution is 5.95. The Hall–Kier alpha value is -2.86. The van der Waals surface area contributed by atoms with E-state index in [2.05, 4.69) is 5.32 Å². The number of hydrogen-bond acceptors (Lipinski definition) is 4. The van der Waals surface area contributed by atoms with Gasteiger partial charge in [0, 0.05) is 25.6 Å². The van der Waals surface area contributed by atoms with Crippen LogP contribution < -0.4 is 10.1 Å². The molecule has 0 unspecified atom stereocenters. The first kappa shape index (κ1) is 19.5. The molecule has 0 bridgehead atoms. The number of carboxylic acids is 1. The maximum atomic E-state index is 12.4. The molecule has 0 saturated heterocycles. The van der Waals surface area contributed by atoms with E-state index >= 15 is 0 Å². The summed E-state index contributed by atoms with van der Waals surface area (Å²) in [6.07, 6.45) is 0.558. The highest BCUT2D eigenvalue weighted by Gasteiger charge is 2.10. The molecule has 2 N–H and O–H groups in total. The minimum absolute atomic E-state index is 0.0919. The van der Waals surface area contributed by atoms with Crippen LogP contribution in [0.1, 0.15) is 34.3 Å². The summed E-state index contributed by atoms with van der Waals surface area (Å²) >= 11 is 0. The standard InChI is InChI=1S/C20H23NO5/c1-25-14-16-5-2-3-6-18(16)20(24)21-13-15-8-10-17(11-9-15)26-12-4-7-19(22)23/h2-3,5-6,8-11H,4,7,12-14H2,1H3,(H,21,24)(H,22,23). The quantitative estimate of drug-likeness (QED) is 0.639.